The van der Waals surface area contributed by atoms with Gasteiger partial charge < -0.3 is 25.6 Å². The lowest BCUT2D eigenvalue weighted by atomic mass is 10.1. The molecule has 0 aliphatic heterocycles. The van der Waals surface area contributed by atoms with Crippen molar-refractivity contribution < 1.29 is 38.8 Å². The fourth-order valence-corrected chi connectivity index (χ4v) is 3.84. The van der Waals surface area contributed by atoms with Gasteiger partial charge in [-0.05, 0) is 12.8 Å². The van der Waals surface area contributed by atoms with E-state index in [1.54, 1.807) is 0 Å². The SMILES string of the molecule is COP(=O)(CC[C@H](N)C(=O)O)C[C@H](CCC(=O)O)C(=O)O.Cl. The highest BCUT2D eigenvalue weighted by Gasteiger charge is 2.32. The van der Waals surface area contributed by atoms with Crippen molar-refractivity contribution in [3.8, 4) is 0 Å². The fourth-order valence-electron chi connectivity index (χ4n) is 1.64. The Kier molecular flexibility index (Phi) is 11.1. The van der Waals surface area contributed by atoms with Gasteiger partial charge in [0.15, 0.2) is 0 Å². The van der Waals surface area contributed by atoms with Crippen LogP contribution in [0.15, 0.2) is 0 Å². The van der Waals surface area contributed by atoms with Crippen molar-refractivity contribution in [1.82, 2.24) is 0 Å². The van der Waals surface area contributed by atoms with Gasteiger partial charge in [0.25, 0.3) is 0 Å². The van der Waals surface area contributed by atoms with E-state index >= 15 is 0 Å². The molecular weight excluding hydrogens is 341 g/mol. The van der Waals surface area contributed by atoms with E-state index in [1.807, 2.05) is 0 Å². The van der Waals surface area contributed by atoms with Gasteiger partial charge >= 0.3 is 17.9 Å². The van der Waals surface area contributed by atoms with E-state index in [0.717, 1.165) is 7.11 Å². The number of hydrogen-bond donors (Lipinski definition) is 4. The van der Waals surface area contributed by atoms with Crippen LogP contribution in [0.1, 0.15) is 19.3 Å². The molecule has 0 aromatic heterocycles. The van der Waals surface area contributed by atoms with Crippen LogP contribution >= 0.6 is 19.8 Å². The van der Waals surface area contributed by atoms with Gasteiger partial charge in [0.2, 0.25) is 7.37 Å². The van der Waals surface area contributed by atoms with E-state index in [0.29, 0.717) is 0 Å². The quantitative estimate of drug-likeness (QED) is 0.387. The molecule has 0 aliphatic carbocycles. The van der Waals surface area contributed by atoms with Crippen LogP contribution in [0.3, 0.4) is 0 Å². The summed E-state index contributed by atoms with van der Waals surface area (Å²) in [6.45, 7) is 0. The van der Waals surface area contributed by atoms with E-state index < -0.39 is 37.2 Å². The van der Waals surface area contributed by atoms with Gasteiger partial charge in [-0.25, -0.2) is 0 Å². The second-order valence-corrected chi connectivity index (χ2v) is 7.41. The Hall–Kier alpha value is -1.15. The van der Waals surface area contributed by atoms with E-state index in [2.05, 4.69) is 0 Å². The summed E-state index contributed by atoms with van der Waals surface area (Å²) in [6, 6.07) is -1.21. The molecular formula is C11H21ClNO8P. The minimum Gasteiger partial charge on any atom is -0.481 e. The maximum absolute atomic E-state index is 12.4. The Bertz CT molecular complexity index is 444. The first-order valence-corrected chi connectivity index (χ1v) is 8.17. The standard InChI is InChI=1S/C11H20NO8P.ClH/c1-20-21(19,5-4-8(12)11(17)18)6-7(10(15)16)2-3-9(13)14;/h7-8H,2-6,12H2,1H3,(H,13,14)(H,15,16)(H,17,18);1H/t7-,8-,21?;/m0./s1. The first-order valence-electron chi connectivity index (χ1n) is 6.18. The summed E-state index contributed by atoms with van der Waals surface area (Å²) in [5.41, 5.74) is 5.30. The van der Waals surface area contributed by atoms with Crippen LogP contribution in [0.2, 0.25) is 0 Å². The second-order valence-electron chi connectivity index (χ2n) is 4.60. The van der Waals surface area contributed by atoms with Crippen LogP contribution in [0, 0.1) is 5.92 Å². The van der Waals surface area contributed by atoms with Gasteiger partial charge in [-0.1, -0.05) is 0 Å². The zero-order chi connectivity index (χ0) is 16.6. The number of rotatable bonds is 11. The molecule has 1 unspecified atom stereocenters. The highest BCUT2D eigenvalue weighted by Crippen LogP contribution is 2.49. The minimum atomic E-state index is -3.38. The molecule has 0 fully saturated rings. The van der Waals surface area contributed by atoms with Crippen molar-refractivity contribution in [3.63, 3.8) is 0 Å². The molecule has 0 aliphatic rings. The van der Waals surface area contributed by atoms with Crippen molar-refractivity contribution in [3.05, 3.63) is 0 Å². The first kappa shape index (κ1) is 23.1. The first-order chi connectivity index (χ1) is 9.61. The summed E-state index contributed by atoms with van der Waals surface area (Å²) in [6.07, 6.45) is -1.18. The molecule has 5 N–H and O–H groups in total. The molecule has 0 saturated carbocycles. The summed E-state index contributed by atoms with van der Waals surface area (Å²) in [5.74, 6) is -4.80. The largest absolute Gasteiger partial charge is 0.481 e. The van der Waals surface area contributed by atoms with Gasteiger partial charge in [-0.2, -0.15) is 0 Å². The Balaban J connectivity index is 0. The van der Waals surface area contributed by atoms with Gasteiger partial charge in [0, 0.05) is 25.9 Å². The van der Waals surface area contributed by atoms with E-state index in [4.69, 9.17) is 25.6 Å². The average Bonchev–Trinajstić information content (AvgIpc) is 2.40. The number of carboxylic acids is 3. The van der Waals surface area contributed by atoms with E-state index in [9.17, 15) is 18.9 Å². The van der Waals surface area contributed by atoms with Crippen LogP contribution in [-0.2, 0) is 23.5 Å². The zero-order valence-electron chi connectivity index (χ0n) is 12.0. The molecule has 0 bridgehead atoms. The molecule has 3 atom stereocenters. The number of halogens is 1. The molecule has 0 rings (SSSR count). The third kappa shape index (κ3) is 8.99. The Morgan fingerprint density at radius 1 is 1.14 bits per heavy atom. The monoisotopic (exact) mass is 361 g/mol. The summed E-state index contributed by atoms with van der Waals surface area (Å²) < 4.78 is 17.2. The number of carbonyl (C=O) groups is 3. The molecule has 22 heavy (non-hydrogen) atoms. The molecule has 0 spiro atoms. The van der Waals surface area contributed by atoms with Crippen molar-refractivity contribution in [2.24, 2.45) is 11.7 Å². The minimum absolute atomic E-state index is 0. The molecule has 130 valence electrons. The summed E-state index contributed by atoms with van der Waals surface area (Å²) >= 11 is 0. The topological polar surface area (TPSA) is 164 Å². The maximum Gasteiger partial charge on any atom is 0.320 e. The lowest BCUT2D eigenvalue weighted by molar-refractivity contribution is -0.142. The number of nitrogens with two attached hydrogens (primary N) is 1. The predicted octanol–water partition coefficient (Wildman–Crippen LogP) is 0.700. The van der Waals surface area contributed by atoms with Crippen molar-refractivity contribution >= 4 is 37.7 Å². The summed E-state index contributed by atoms with van der Waals surface area (Å²) in [7, 11) is -2.24. The highest BCUT2D eigenvalue weighted by molar-refractivity contribution is 7.59. The van der Waals surface area contributed by atoms with E-state index in [1.165, 1.54) is 0 Å². The van der Waals surface area contributed by atoms with Gasteiger partial charge in [-0.15, -0.1) is 12.4 Å². The highest BCUT2D eigenvalue weighted by atomic mass is 35.5. The number of hydrogen-bond acceptors (Lipinski definition) is 6. The average molecular weight is 362 g/mol. The number of carboxylic acid groups (broad SMARTS) is 3. The van der Waals surface area contributed by atoms with Crippen LogP contribution in [0.4, 0.5) is 0 Å². The van der Waals surface area contributed by atoms with Crippen LogP contribution < -0.4 is 5.73 Å². The summed E-state index contributed by atoms with van der Waals surface area (Å²) in [4.78, 5) is 32.1. The Morgan fingerprint density at radius 2 is 1.68 bits per heavy atom. The third-order valence-corrected chi connectivity index (χ3v) is 5.59. The normalized spacial score (nSPS) is 15.9. The molecule has 0 amide bonds. The zero-order valence-corrected chi connectivity index (χ0v) is 13.7. The van der Waals surface area contributed by atoms with Crippen molar-refractivity contribution in [2.75, 3.05) is 19.4 Å². The lowest BCUT2D eigenvalue weighted by Crippen LogP contribution is -2.31. The second kappa shape index (κ2) is 10.6. The van der Waals surface area contributed by atoms with Crippen molar-refractivity contribution in [2.45, 2.75) is 25.3 Å². The molecule has 0 saturated heterocycles. The van der Waals surface area contributed by atoms with Gasteiger partial charge in [0.05, 0.1) is 5.92 Å². The van der Waals surface area contributed by atoms with E-state index in [-0.39, 0.29) is 44.0 Å². The van der Waals surface area contributed by atoms with Gasteiger partial charge in [-0.3, -0.25) is 18.9 Å². The maximum atomic E-state index is 12.4. The molecule has 11 heteroatoms. The van der Waals surface area contributed by atoms with Gasteiger partial charge in [0.1, 0.15) is 6.04 Å². The molecule has 0 aromatic carbocycles. The summed E-state index contributed by atoms with van der Waals surface area (Å²) in [5, 5.41) is 26.2. The van der Waals surface area contributed by atoms with Crippen LogP contribution in [0.25, 0.3) is 0 Å². The fraction of sp³-hybridized carbons (Fsp3) is 0.727. The predicted molar refractivity (Wildman–Crippen MR) is 79.8 cm³/mol. The molecule has 0 radical (unpaired) electrons. The Labute approximate surface area is 133 Å². The van der Waals surface area contributed by atoms with Crippen LogP contribution in [-0.4, -0.2) is 58.7 Å². The smallest absolute Gasteiger partial charge is 0.320 e. The molecule has 0 aromatic rings. The van der Waals surface area contributed by atoms with Crippen LogP contribution in [0.5, 0.6) is 0 Å². The Morgan fingerprint density at radius 3 is 2.05 bits per heavy atom. The lowest BCUT2D eigenvalue weighted by Gasteiger charge is -2.21. The molecule has 9 nitrogen and oxygen atoms in total. The van der Waals surface area contributed by atoms with Crippen molar-refractivity contribution in [1.29, 1.82) is 0 Å². The third-order valence-electron chi connectivity index (χ3n) is 2.99. The number of aliphatic carboxylic acids is 3. The molecule has 0 heterocycles.